The highest BCUT2D eigenvalue weighted by molar-refractivity contribution is 5.97. The van der Waals surface area contributed by atoms with Crippen molar-refractivity contribution in [2.24, 2.45) is 0 Å². The van der Waals surface area contributed by atoms with Crippen LogP contribution in [0.2, 0.25) is 0 Å². The topological polar surface area (TPSA) is 95.5 Å². The Balaban J connectivity index is 1.66. The molecule has 124 valence electrons. The molecular formula is C17H17N3O4. The number of carboxylic acids is 1. The Morgan fingerprint density at radius 2 is 2.25 bits per heavy atom. The van der Waals surface area contributed by atoms with Crippen LogP contribution in [-0.2, 0) is 24.2 Å². The zero-order valence-corrected chi connectivity index (χ0v) is 13.0. The van der Waals surface area contributed by atoms with Gasteiger partial charge in [-0.1, -0.05) is 0 Å². The molecule has 1 aromatic heterocycles. The predicted molar refractivity (Wildman–Crippen MR) is 83.8 cm³/mol. The van der Waals surface area contributed by atoms with Crippen LogP contribution in [0.4, 0.5) is 0 Å². The first-order chi connectivity index (χ1) is 11.6. The minimum absolute atomic E-state index is 0.216. The minimum Gasteiger partial charge on any atom is -0.493 e. The van der Waals surface area contributed by atoms with E-state index in [0.29, 0.717) is 17.9 Å². The second kappa shape index (κ2) is 5.67. The lowest BCUT2D eigenvalue weighted by atomic mass is 9.99. The van der Waals surface area contributed by atoms with E-state index in [1.54, 1.807) is 12.1 Å². The Morgan fingerprint density at radius 3 is 3.08 bits per heavy atom. The molecule has 0 spiro atoms. The molecule has 2 aromatic rings. The van der Waals surface area contributed by atoms with Crippen LogP contribution in [0.25, 0.3) is 0 Å². The lowest BCUT2D eigenvalue weighted by Gasteiger charge is -2.32. The largest absolute Gasteiger partial charge is 0.493 e. The zero-order valence-electron chi connectivity index (χ0n) is 13.0. The lowest BCUT2D eigenvalue weighted by Crippen LogP contribution is -2.48. The molecule has 4 rings (SSSR count). The summed E-state index contributed by atoms with van der Waals surface area (Å²) < 4.78 is 5.57. The summed E-state index contributed by atoms with van der Waals surface area (Å²) in [6.45, 7) is 0.912. The molecule has 1 atom stereocenters. The number of rotatable bonds is 2. The van der Waals surface area contributed by atoms with E-state index in [4.69, 9.17) is 4.74 Å². The quantitative estimate of drug-likeness (QED) is 0.869. The summed E-state index contributed by atoms with van der Waals surface area (Å²) >= 11 is 0. The Bertz CT molecular complexity index is 814. The van der Waals surface area contributed by atoms with Crippen LogP contribution in [0.5, 0.6) is 5.75 Å². The van der Waals surface area contributed by atoms with Crippen molar-refractivity contribution >= 4 is 11.9 Å². The summed E-state index contributed by atoms with van der Waals surface area (Å²) in [6.07, 6.45) is 3.54. The molecule has 0 fully saturated rings. The number of carboxylic acid groups (broad SMARTS) is 1. The molecule has 1 unspecified atom stereocenters. The van der Waals surface area contributed by atoms with Crippen molar-refractivity contribution in [1.29, 1.82) is 0 Å². The standard InChI is InChI=1S/C17H17N3O4/c21-16(11-3-4-15-10(6-11)2-1-5-24-15)20-8-13-12(18-9-19-13)7-14(20)17(22)23/h3-4,6,9,14H,1-2,5,7-8H2,(H,18,19)(H,22,23). The van der Waals surface area contributed by atoms with Gasteiger partial charge in [0, 0.05) is 12.0 Å². The number of carbonyl (C=O) groups excluding carboxylic acids is 1. The zero-order chi connectivity index (χ0) is 16.7. The molecular weight excluding hydrogens is 310 g/mol. The van der Waals surface area contributed by atoms with Crippen LogP contribution in [0.15, 0.2) is 24.5 Å². The summed E-state index contributed by atoms with van der Waals surface area (Å²) in [5, 5.41) is 9.51. The second-order valence-electron chi connectivity index (χ2n) is 6.09. The first-order valence-electron chi connectivity index (χ1n) is 7.94. The van der Waals surface area contributed by atoms with Gasteiger partial charge in [0.25, 0.3) is 5.91 Å². The number of carbonyl (C=O) groups is 2. The number of nitrogens with one attached hydrogen (secondary N) is 1. The maximum absolute atomic E-state index is 12.9. The number of aliphatic carboxylic acids is 1. The summed E-state index contributed by atoms with van der Waals surface area (Å²) in [6, 6.07) is 4.41. The predicted octanol–water partition coefficient (Wildman–Crippen LogP) is 1.39. The Morgan fingerprint density at radius 1 is 1.38 bits per heavy atom. The Hall–Kier alpha value is -2.83. The third kappa shape index (κ3) is 2.42. The van der Waals surface area contributed by atoms with E-state index < -0.39 is 12.0 Å². The monoisotopic (exact) mass is 327 g/mol. The van der Waals surface area contributed by atoms with Crippen LogP contribution >= 0.6 is 0 Å². The number of imidazole rings is 1. The van der Waals surface area contributed by atoms with Crippen molar-refractivity contribution in [3.8, 4) is 5.75 Å². The van der Waals surface area contributed by atoms with Crippen LogP contribution in [0, 0.1) is 0 Å². The third-order valence-electron chi connectivity index (χ3n) is 4.60. The fraction of sp³-hybridized carbons (Fsp3) is 0.353. The molecule has 0 bridgehead atoms. The average molecular weight is 327 g/mol. The van der Waals surface area contributed by atoms with E-state index in [2.05, 4.69) is 9.97 Å². The van der Waals surface area contributed by atoms with Gasteiger partial charge in [0.15, 0.2) is 0 Å². The van der Waals surface area contributed by atoms with Gasteiger partial charge in [-0.25, -0.2) is 9.78 Å². The number of hydrogen-bond donors (Lipinski definition) is 2. The smallest absolute Gasteiger partial charge is 0.326 e. The van der Waals surface area contributed by atoms with Gasteiger partial charge >= 0.3 is 5.97 Å². The van der Waals surface area contributed by atoms with Crippen molar-refractivity contribution in [2.45, 2.75) is 31.8 Å². The number of fused-ring (bicyclic) bond motifs is 2. The molecule has 3 heterocycles. The van der Waals surface area contributed by atoms with Crippen LogP contribution in [-0.4, -0.2) is 44.5 Å². The van der Waals surface area contributed by atoms with Crippen molar-refractivity contribution in [2.75, 3.05) is 6.61 Å². The Kier molecular flexibility index (Phi) is 3.48. The van der Waals surface area contributed by atoms with Crippen molar-refractivity contribution in [1.82, 2.24) is 14.9 Å². The fourth-order valence-electron chi connectivity index (χ4n) is 3.33. The number of hydrogen-bond acceptors (Lipinski definition) is 4. The summed E-state index contributed by atoms with van der Waals surface area (Å²) in [4.78, 5) is 33.1. The Labute approximate surface area is 138 Å². The molecule has 1 amide bonds. The molecule has 7 heteroatoms. The number of aromatic nitrogens is 2. The molecule has 0 radical (unpaired) electrons. The van der Waals surface area contributed by atoms with Gasteiger partial charge in [-0.05, 0) is 36.6 Å². The number of nitrogens with zero attached hydrogens (tertiary/aromatic N) is 2. The van der Waals surface area contributed by atoms with E-state index >= 15 is 0 Å². The molecule has 7 nitrogen and oxygen atoms in total. The number of H-pyrrole nitrogens is 1. The van der Waals surface area contributed by atoms with Gasteiger partial charge in [0.2, 0.25) is 0 Å². The highest BCUT2D eigenvalue weighted by atomic mass is 16.5. The maximum Gasteiger partial charge on any atom is 0.326 e. The maximum atomic E-state index is 12.9. The lowest BCUT2D eigenvalue weighted by molar-refractivity contribution is -0.142. The second-order valence-corrected chi connectivity index (χ2v) is 6.09. The van der Waals surface area contributed by atoms with Gasteiger partial charge in [-0.15, -0.1) is 0 Å². The van der Waals surface area contributed by atoms with E-state index in [1.807, 2.05) is 6.07 Å². The van der Waals surface area contributed by atoms with Crippen molar-refractivity contribution in [3.63, 3.8) is 0 Å². The number of ether oxygens (including phenoxy) is 1. The molecule has 2 aliphatic rings. The molecule has 0 saturated carbocycles. The van der Waals surface area contributed by atoms with Gasteiger partial charge in [-0.2, -0.15) is 0 Å². The third-order valence-corrected chi connectivity index (χ3v) is 4.60. The first-order valence-corrected chi connectivity index (χ1v) is 7.94. The molecule has 2 aliphatic heterocycles. The normalized spacial score (nSPS) is 19.2. The van der Waals surface area contributed by atoms with Gasteiger partial charge < -0.3 is 19.7 Å². The van der Waals surface area contributed by atoms with E-state index in [0.717, 1.165) is 29.8 Å². The van der Waals surface area contributed by atoms with E-state index in [1.165, 1.54) is 11.2 Å². The molecule has 1 aromatic carbocycles. The molecule has 0 saturated heterocycles. The fourth-order valence-corrected chi connectivity index (χ4v) is 3.33. The highest BCUT2D eigenvalue weighted by Gasteiger charge is 2.36. The van der Waals surface area contributed by atoms with Gasteiger partial charge in [0.1, 0.15) is 11.8 Å². The SMILES string of the molecule is O=C(O)C1Cc2nc[nH]c2CN1C(=O)c1ccc2c(c1)CCCO2. The highest BCUT2D eigenvalue weighted by Crippen LogP contribution is 2.28. The first kappa shape index (κ1) is 14.7. The average Bonchev–Trinajstić information content (AvgIpc) is 3.07. The minimum atomic E-state index is -1.02. The number of aryl methyl sites for hydroxylation is 1. The summed E-state index contributed by atoms with van der Waals surface area (Å²) in [5.41, 5.74) is 3.00. The number of amides is 1. The van der Waals surface area contributed by atoms with Crippen molar-refractivity contribution in [3.05, 3.63) is 47.0 Å². The van der Waals surface area contributed by atoms with Crippen LogP contribution in [0.1, 0.15) is 33.7 Å². The summed E-state index contributed by atoms with van der Waals surface area (Å²) in [7, 11) is 0. The van der Waals surface area contributed by atoms with Crippen LogP contribution in [0.3, 0.4) is 0 Å². The van der Waals surface area contributed by atoms with E-state index in [9.17, 15) is 14.7 Å². The van der Waals surface area contributed by atoms with Crippen LogP contribution < -0.4 is 4.74 Å². The van der Waals surface area contributed by atoms with Gasteiger partial charge in [-0.3, -0.25) is 4.79 Å². The summed E-state index contributed by atoms with van der Waals surface area (Å²) in [5.74, 6) is -0.489. The number of benzene rings is 1. The number of aromatic amines is 1. The molecule has 2 N–H and O–H groups in total. The van der Waals surface area contributed by atoms with Gasteiger partial charge in [0.05, 0.1) is 30.9 Å². The van der Waals surface area contributed by atoms with Crippen molar-refractivity contribution < 1.29 is 19.4 Å². The molecule has 24 heavy (non-hydrogen) atoms. The van der Waals surface area contributed by atoms with E-state index in [-0.39, 0.29) is 18.9 Å². The molecule has 0 aliphatic carbocycles.